The number of hydrogen-bond acceptors (Lipinski definition) is 4. The Morgan fingerprint density at radius 1 is 1.20 bits per heavy atom. The van der Waals surface area contributed by atoms with Crippen molar-refractivity contribution >= 4 is 34.4 Å². The molecular formula is C19H19ClN2O2S. The number of hydrogen-bond donors (Lipinski definition) is 0. The van der Waals surface area contributed by atoms with Gasteiger partial charge >= 0.3 is 0 Å². The molecule has 0 N–H and O–H groups in total. The lowest BCUT2D eigenvalue weighted by Gasteiger charge is -2.18. The first-order valence-corrected chi connectivity index (χ1v) is 9.50. The maximum Gasteiger partial charge on any atom is 0.259 e. The van der Waals surface area contributed by atoms with Crippen LogP contribution in [0.15, 0.2) is 53.5 Å². The molecule has 0 radical (unpaired) electrons. The minimum absolute atomic E-state index is 0.0251. The van der Waals surface area contributed by atoms with Crippen LogP contribution < -0.4 is 4.74 Å². The van der Waals surface area contributed by atoms with Gasteiger partial charge in [-0.1, -0.05) is 35.5 Å². The number of thioether (sulfide) groups is 1. The van der Waals surface area contributed by atoms with Crippen molar-refractivity contribution in [2.75, 3.05) is 19.7 Å². The Labute approximate surface area is 156 Å². The van der Waals surface area contributed by atoms with E-state index in [1.807, 2.05) is 43.3 Å². The molecule has 1 aliphatic heterocycles. The summed E-state index contributed by atoms with van der Waals surface area (Å²) in [5.74, 6) is 1.50. The van der Waals surface area contributed by atoms with Crippen LogP contribution in [0.1, 0.15) is 22.8 Å². The van der Waals surface area contributed by atoms with Crippen LogP contribution in [0.2, 0.25) is 5.02 Å². The van der Waals surface area contributed by atoms with Gasteiger partial charge in [-0.15, -0.1) is 0 Å². The van der Waals surface area contributed by atoms with Crippen molar-refractivity contribution in [2.24, 2.45) is 4.99 Å². The van der Waals surface area contributed by atoms with E-state index >= 15 is 0 Å². The predicted octanol–water partition coefficient (Wildman–Crippen LogP) is 4.48. The number of amides is 1. The lowest BCUT2D eigenvalue weighted by molar-refractivity contribution is 0.0860. The maximum atomic E-state index is 12.8. The smallest absolute Gasteiger partial charge is 0.259 e. The van der Waals surface area contributed by atoms with E-state index in [0.717, 1.165) is 27.3 Å². The average Bonchev–Trinajstić information content (AvgIpc) is 3.10. The maximum absolute atomic E-state index is 12.8. The summed E-state index contributed by atoms with van der Waals surface area (Å²) in [6, 6.07) is 15.0. The van der Waals surface area contributed by atoms with Gasteiger partial charge in [-0.25, -0.2) is 0 Å². The Balaban J connectivity index is 1.63. The highest BCUT2D eigenvalue weighted by atomic mass is 35.5. The first-order valence-electron chi connectivity index (χ1n) is 8.14. The zero-order chi connectivity index (χ0) is 17.6. The Bertz CT molecular complexity index is 760. The third-order valence-corrected chi connectivity index (χ3v) is 5.08. The fraction of sp³-hybridized carbons (Fsp3) is 0.263. The van der Waals surface area contributed by atoms with Gasteiger partial charge in [0.25, 0.3) is 5.91 Å². The molecule has 0 saturated carbocycles. The second-order valence-electron chi connectivity index (χ2n) is 5.49. The molecule has 4 nitrogen and oxygen atoms in total. The summed E-state index contributed by atoms with van der Waals surface area (Å²) in [6.45, 7) is 3.81. The van der Waals surface area contributed by atoms with E-state index in [1.165, 1.54) is 0 Å². The van der Waals surface area contributed by atoms with E-state index < -0.39 is 0 Å². The molecule has 2 aromatic rings. The lowest BCUT2D eigenvalue weighted by atomic mass is 10.2. The van der Waals surface area contributed by atoms with E-state index in [-0.39, 0.29) is 5.91 Å². The largest absolute Gasteiger partial charge is 0.494 e. The summed E-state index contributed by atoms with van der Waals surface area (Å²) >= 11 is 7.48. The molecule has 25 heavy (non-hydrogen) atoms. The van der Waals surface area contributed by atoms with Crippen molar-refractivity contribution in [3.63, 3.8) is 0 Å². The monoisotopic (exact) mass is 374 g/mol. The summed E-state index contributed by atoms with van der Waals surface area (Å²) in [5.41, 5.74) is 1.79. The van der Waals surface area contributed by atoms with E-state index in [2.05, 4.69) is 4.99 Å². The molecule has 1 amide bonds. The topological polar surface area (TPSA) is 41.9 Å². The zero-order valence-corrected chi connectivity index (χ0v) is 15.5. The van der Waals surface area contributed by atoms with Crippen LogP contribution in [-0.2, 0) is 5.75 Å². The number of amidine groups is 1. The van der Waals surface area contributed by atoms with E-state index in [0.29, 0.717) is 25.3 Å². The number of nitrogens with zero attached hydrogens (tertiary/aromatic N) is 2. The van der Waals surface area contributed by atoms with E-state index in [9.17, 15) is 4.79 Å². The molecule has 0 bridgehead atoms. The molecule has 0 unspecified atom stereocenters. The molecule has 130 valence electrons. The normalized spacial score (nSPS) is 13.7. The fourth-order valence-corrected chi connectivity index (χ4v) is 3.61. The summed E-state index contributed by atoms with van der Waals surface area (Å²) in [7, 11) is 0. The molecule has 0 fully saturated rings. The quantitative estimate of drug-likeness (QED) is 0.774. The number of rotatable bonds is 5. The molecule has 2 aromatic carbocycles. The molecule has 1 heterocycles. The van der Waals surface area contributed by atoms with Crippen LogP contribution in [0.3, 0.4) is 0 Å². The summed E-state index contributed by atoms with van der Waals surface area (Å²) < 4.78 is 5.42. The second-order valence-corrected chi connectivity index (χ2v) is 6.87. The van der Waals surface area contributed by atoms with Crippen LogP contribution in [-0.4, -0.2) is 35.7 Å². The highest BCUT2D eigenvalue weighted by molar-refractivity contribution is 8.13. The number of carbonyl (C=O) groups excluding carboxylic acids is 1. The fourth-order valence-electron chi connectivity index (χ4n) is 2.48. The first-order chi connectivity index (χ1) is 12.2. The Hall–Kier alpha value is -1.98. The molecule has 1 aliphatic rings. The van der Waals surface area contributed by atoms with Crippen molar-refractivity contribution in [1.29, 1.82) is 0 Å². The standard InChI is InChI=1S/C19H19ClN2O2S/c1-2-24-17-9-5-15(6-10-17)18(23)22-12-11-21-19(22)25-13-14-3-7-16(20)8-4-14/h3-10H,2,11-13H2,1H3. The highest BCUT2D eigenvalue weighted by Crippen LogP contribution is 2.23. The number of aliphatic imine (C=N–C) groups is 1. The molecule has 0 spiro atoms. The van der Waals surface area contributed by atoms with E-state index in [1.54, 1.807) is 28.8 Å². The molecule has 3 rings (SSSR count). The van der Waals surface area contributed by atoms with Crippen molar-refractivity contribution in [3.05, 3.63) is 64.7 Å². The minimum Gasteiger partial charge on any atom is -0.494 e. The van der Waals surface area contributed by atoms with Gasteiger partial charge in [0, 0.05) is 22.9 Å². The SMILES string of the molecule is CCOc1ccc(C(=O)N2CCN=C2SCc2ccc(Cl)cc2)cc1. The summed E-state index contributed by atoms with van der Waals surface area (Å²) in [4.78, 5) is 19.0. The van der Waals surface area contributed by atoms with Gasteiger partial charge in [0.1, 0.15) is 5.75 Å². The number of benzene rings is 2. The molecule has 0 atom stereocenters. The van der Waals surface area contributed by atoms with Gasteiger partial charge in [0.05, 0.1) is 13.2 Å². The minimum atomic E-state index is -0.0251. The van der Waals surface area contributed by atoms with E-state index in [4.69, 9.17) is 16.3 Å². The van der Waals surface area contributed by atoms with Crippen LogP contribution in [0, 0.1) is 0 Å². The summed E-state index contributed by atoms with van der Waals surface area (Å²) in [6.07, 6.45) is 0. The van der Waals surface area contributed by atoms with Crippen LogP contribution in [0.4, 0.5) is 0 Å². The van der Waals surface area contributed by atoms with Gasteiger partial charge in [-0.2, -0.15) is 0 Å². The number of carbonyl (C=O) groups is 1. The Morgan fingerprint density at radius 2 is 1.92 bits per heavy atom. The lowest BCUT2D eigenvalue weighted by Crippen LogP contribution is -2.32. The third kappa shape index (κ3) is 4.55. The molecule has 6 heteroatoms. The Kier molecular flexibility index (Phi) is 6.00. The molecule has 0 saturated heterocycles. The van der Waals surface area contributed by atoms with Gasteiger partial charge in [0.15, 0.2) is 5.17 Å². The number of ether oxygens (including phenoxy) is 1. The Morgan fingerprint density at radius 3 is 2.60 bits per heavy atom. The van der Waals surface area contributed by atoms with Crippen LogP contribution in [0.5, 0.6) is 5.75 Å². The van der Waals surface area contributed by atoms with Crippen molar-refractivity contribution in [1.82, 2.24) is 4.90 Å². The average molecular weight is 375 g/mol. The van der Waals surface area contributed by atoms with Gasteiger partial charge in [0.2, 0.25) is 0 Å². The van der Waals surface area contributed by atoms with Crippen molar-refractivity contribution in [3.8, 4) is 5.75 Å². The second kappa shape index (κ2) is 8.41. The van der Waals surface area contributed by atoms with Crippen LogP contribution >= 0.6 is 23.4 Å². The van der Waals surface area contributed by atoms with Crippen molar-refractivity contribution < 1.29 is 9.53 Å². The first kappa shape index (κ1) is 17.8. The number of halogens is 1. The van der Waals surface area contributed by atoms with Gasteiger partial charge in [-0.05, 0) is 48.9 Å². The molecule has 0 aromatic heterocycles. The third-order valence-electron chi connectivity index (χ3n) is 3.74. The highest BCUT2D eigenvalue weighted by Gasteiger charge is 2.25. The predicted molar refractivity (Wildman–Crippen MR) is 104 cm³/mol. The molecular weight excluding hydrogens is 356 g/mol. The van der Waals surface area contributed by atoms with Gasteiger partial charge < -0.3 is 4.74 Å². The molecule has 0 aliphatic carbocycles. The summed E-state index contributed by atoms with van der Waals surface area (Å²) in [5, 5.41) is 1.49. The van der Waals surface area contributed by atoms with Crippen molar-refractivity contribution in [2.45, 2.75) is 12.7 Å². The van der Waals surface area contributed by atoms with Gasteiger partial charge in [-0.3, -0.25) is 14.7 Å². The van der Waals surface area contributed by atoms with Crippen LogP contribution in [0.25, 0.3) is 0 Å². The zero-order valence-electron chi connectivity index (χ0n) is 13.9.